The highest BCUT2D eigenvalue weighted by molar-refractivity contribution is 5.85. The number of hydrogen-bond acceptors (Lipinski definition) is 3. The monoisotopic (exact) mass is 229 g/mol. The number of carboxylic acids is 1. The van der Waals surface area contributed by atoms with Crippen molar-refractivity contribution in [3.63, 3.8) is 0 Å². The van der Waals surface area contributed by atoms with Gasteiger partial charge < -0.3 is 14.7 Å². The van der Waals surface area contributed by atoms with Crippen molar-refractivity contribution in [3.8, 4) is 0 Å². The maximum absolute atomic E-state index is 12.1. The minimum Gasteiger partial charge on any atom is -0.481 e. The second-order valence-electron chi connectivity index (χ2n) is 4.61. The summed E-state index contributed by atoms with van der Waals surface area (Å²) in [5.41, 5.74) is -0.874. The molecule has 5 nitrogen and oxygen atoms in total. The SMILES string of the molecule is COC(C)(C)C(=O)N1CCCC1CC(=O)O. The summed E-state index contributed by atoms with van der Waals surface area (Å²) in [5, 5.41) is 8.76. The van der Waals surface area contributed by atoms with Crippen LogP contribution in [0.2, 0.25) is 0 Å². The van der Waals surface area contributed by atoms with E-state index in [-0.39, 0.29) is 18.4 Å². The van der Waals surface area contributed by atoms with Crippen molar-refractivity contribution in [2.75, 3.05) is 13.7 Å². The summed E-state index contributed by atoms with van der Waals surface area (Å²) in [6.45, 7) is 4.03. The molecule has 1 heterocycles. The molecule has 1 aliphatic heterocycles. The van der Waals surface area contributed by atoms with Crippen LogP contribution < -0.4 is 0 Å². The molecule has 1 N–H and O–H groups in total. The number of aliphatic carboxylic acids is 1. The summed E-state index contributed by atoms with van der Waals surface area (Å²) in [7, 11) is 1.49. The maximum Gasteiger partial charge on any atom is 0.305 e. The predicted octanol–water partition coefficient (Wildman–Crippen LogP) is 0.877. The Morgan fingerprint density at radius 1 is 1.50 bits per heavy atom. The molecule has 0 spiro atoms. The molecule has 0 aliphatic carbocycles. The third-order valence-electron chi connectivity index (χ3n) is 3.07. The van der Waals surface area contributed by atoms with E-state index in [0.717, 1.165) is 12.8 Å². The maximum atomic E-state index is 12.1. The lowest BCUT2D eigenvalue weighted by Crippen LogP contribution is -2.48. The molecule has 1 fully saturated rings. The number of nitrogens with zero attached hydrogens (tertiary/aromatic N) is 1. The number of ether oxygens (including phenoxy) is 1. The Labute approximate surface area is 95.4 Å². The van der Waals surface area contributed by atoms with Crippen LogP contribution in [0.25, 0.3) is 0 Å². The molecule has 0 aromatic carbocycles. The Morgan fingerprint density at radius 3 is 2.62 bits per heavy atom. The number of carboxylic acid groups (broad SMARTS) is 1. The summed E-state index contributed by atoms with van der Waals surface area (Å²) in [4.78, 5) is 24.4. The number of carbonyl (C=O) groups is 2. The lowest BCUT2D eigenvalue weighted by Gasteiger charge is -2.31. The quantitative estimate of drug-likeness (QED) is 0.777. The van der Waals surface area contributed by atoms with Gasteiger partial charge in [0.2, 0.25) is 0 Å². The Morgan fingerprint density at radius 2 is 2.12 bits per heavy atom. The van der Waals surface area contributed by atoms with Crippen LogP contribution in [0, 0.1) is 0 Å². The summed E-state index contributed by atoms with van der Waals surface area (Å²) >= 11 is 0. The highest BCUT2D eigenvalue weighted by Crippen LogP contribution is 2.24. The first-order valence-corrected chi connectivity index (χ1v) is 5.46. The first-order valence-electron chi connectivity index (χ1n) is 5.46. The van der Waals surface area contributed by atoms with E-state index < -0.39 is 11.6 Å². The van der Waals surface area contributed by atoms with Crippen molar-refractivity contribution < 1.29 is 19.4 Å². The summed E-state index contributed by atoms with van der Waals surface area (Å²) in [5.74, 6) is -0.987. The number of amides is 1. The van der Waals surface area contributed by atoms with Crippen LogP contribution >= 0.6 is 0 Å². The number of carbonyl (C=O) groups excluding carboxylic acids is 1. The van der Waals surface area contributed by atoms with Gasteiger partial charge in [0.1, 0.15) is 5.60 Å². The lowest BCUT2D eigenvalue weighted by atomic mass is 10.1. The topological polar surface area (TPSA) is 66.8 Å². The molecular formula is C11H19NO4. The van der Waals surface area contributed by atoms with Crippen molar-refractivity contribution in [2.45, 2.75) is 44.8 Å². The molecule has 1 atom stereocenters. The fraction of sp³-hybridized carbons (Fsp3) is 0.818. The average molecular weight is 229 g/mol. The van der Waals surface area contributed by atoms with Crippen LogP contribution in [0.1, 0.15) is 33.1 Å². The van der Waals surface area contributed by atoms with Crippen LogP contribution in [-0.2, 0) is 14.3 Å². The van der Waals surface area contributed by atoms with E-state index in [1.807, 2.05) is 0 Å². The van der Waals surface area contributed by atoms with Crippen molar-refractivity contribution in [1.82, 2.24) is 4.90 Å². The second-order valence-corrected chi connectivity index (χ2v) is 4.61. The van der Waals surface area contributed by atoms with E-state index in [2.05, 4.69) is 0 Å². The molecule has 1 saturated heterocycles. The number of hydrogen-bond donors (Lipinski definition) is 1. The number of methoxy groups -OCH3 is 1. The lowest BCUT2D eigenvalue weighted by molar-refractivity contribution is -0.153. The number of likely N-dealkylation sites (tertiary alicyclic amines) is 1. The van der Waals surface area contributed by atoms with Crippen LogP contribution in [0.5, 0.6) is 0 Å². The zero-order valence-electron chi connectivity index (χ0n) is 10.0. The molecule has 1 unspecified atom stereocenters. The van der Waals surface area contributed by atoms with Crippen molar-refractivity contribution in [3.05, 3.63) is 0 Å². The van der Waals surface area contributed by atoms with Crippen molar-refractivity contribution in [2.24, 2.45) is 0 Å². The molecule has 1 rings (SSSR count). The Kier molecular flexibility index (Phi) is 3.91. The molecule has 0 saturated carbocycles. The van der Waals surface area contributed by atoms with Gasteiger partial charge in [-0.2, -0.15) is 0 Å². The molecule has 0 aromatic rings. The molecule has 1 amide bonds. The third kappa shape index (κ3) is 2.72. The van der Waals surface area contributed by atoms with Gasteiger partial charge in [0, 0.05) is 19.7 Å². The van der Waals surface area contributed by atoms with E-state index in [9.17, 15) is 9.59 Å². The molecular weight excluding hydrogens is 210 g/mol. The number of rotatable bonds is 4. The van der Waals surface area contributed by atoms with E-state index in [0.29, 0.717) is 6.54 Å². The molecule has 0 radical (unpaired) electrons. The highest BCUT2D eigenvalue weighted by Gasteiger charge is 2.38. The minimum absolute atomic E-state index is 0.0194. The Bertz CT molecular complexity index is 288. The van der Waals surface area contributed by atoms with Gasteiger partial charge in [0.25, 0.3) is 5.91 Å². The predicted molar refractivity (Wildman–Crippen MR) is 58.1 cm³/mol. The van der Waals surface area contributed by atoms with Gasteiger partial charge >= 0.3 is 5.97 Å². The zero-order chi connectivity index (χ0) is 12.3. The summed E-state index contributed by atoms with van der Waals surface area (Å²) in [6, 6.07) is -0.181. The van der Waals surface area contributed by atoms with Gasteiger partial charge in [-0.1, -0.05) is 0 Å². The van der Waals surface area contributed by atoms with Crippen molar-refractivity contribution >= 4 is 11.9 Å². The Balaban J connectivity index is 2.71. The molecule has 16 heavy (non-hydrogen) atoms. The third-order valence-corrected chi connectivity index (χ3v) is 3.07. The van der Waals surface area contributed by atoms with Crippen LogP contribution in [-0.4, -0.2) is 47.2 Å². The molecule has 92 valence electrons. The first-order chi connectivity index (χ1) is 7.38. The fourth-order valence-corrected chi connectivity index (χ4v) is 1.95. The van der Waals surface area contributed by atoms with Gasteiger partial charge in [-0.05, 0) is 26.7 Å². The normalized spacial score (nSPS) is 21.2. The van der Waals surface area contributed by atoms with Crippen molar-refractivity contribution in [1.29, 1.82) is 0 Å². The molecule has 0 bridgehead atoms. The van der Waals surface area contributed by atoms with Gasteiger partial charge in [-0.3, -0.25) is 9.59 Å². The zero-order valence-corrected chi connectivity index (χ0v) is 10.0. The van der Waals surface area contributed by atoms with E-state index in [1.54, 1.807) is 18.7 Å². The average Bonchev–Trinajstić information content (AvgIpc) is 2.63. The van der Waals surface area contributed by atoms with Crippen LogP contribution in [0.15, 0.2) is 0 Å². The highest BCUT2D eigenvalue weighted by atomic mass is 16.5. The van der Waals surface area contributed by atoms with Gasteiger partial charge in [-0.25, -0.2) is 0 Å². The first kappa shape index (κ1) is 13.0. The fourth-order valence-electron chi connectivity index (χ4n) is 1.95. The van der Waals surface area contributed by atoms with E-state index >= 15 is 0 Å². The second kappa shape index (κ2) is 4.82. The van der Waals surface area contributed by atoms with E-state index in [1.165, 1.54) is 7.11 Å². The summed E-state index contributed by atoms with van der Waals surface area (Å²) < 4.78 is 5.13. The van der Waals surface area contributed by atoms with Gasteiger partial charge in [-0.15, -0.1) is 0 Å². The van der Waals surface area contributed by atoms with Gasteiger partial charge in [0.15, 0.2) is 0 Å². The summed E-state index contributed by atoms with van der Waals surface area (Å²) in [6.07, 6.45) is 1.65. The van der Waals surface area contributed by atoms with Crippen LogP contribution in [0.3, 0.4) is 0 Å². The standard InChI is InChI=1S/C11H19NO4/c1-11(2,16-3)10(15)12-6-4-5-8(12)7-9(13)14/h8H,4-7H2,1-3H3,(H,13,14). The largest absolute Gasteiger partial charge is 0.481 e. The smallest absolute Gasteiger partial charge is 0.305 e. The van der Waals surface area contributed by atoms with Crippen LogP contribution in [0.4, 0.5) is 0 Å². The Hall–Kier alpha value is -1.10. The van der Waals surface area contributed by atoms with E-state index in [4.69, 9.17) is 9.84 Å². The minimum atomic E-state index is -0.874. The van der Waals surface area contributed by atoms with Gasteiger partial charge in [0.05, 0.1) is 6.42 Å². The molecule has 0 aromatic heterocycles. The molecule has 5 heteroatoms. The molecule has 1 aliphatic rings.